The van der Waals surface area contributed by atoms with Crippen LogP contribution in [0.25, 0.3) is 10.8 Å². The summed E-state index contributed by atoms with van der Waals surface area (Å²) in [5, 5.41) is 2.03. The minimum absolute atomic E-state index is 0.00426. The molecule has 1 saturated carbocycles. The van der Waals surface area contributed by atoms with Gasteiger partial charge in [0.2, 0.25) is 11.8 Å². The summed E-state index contributed by atoms with van der Waals surface area (Å²) in [6.07, 6.45) is 6.38. The van der Waals surface area contributed by atoms with E-state index in [2.05, 4.69) is 12.2 Å². The van der Waals surface area contributed by atoms with Crippen molar-refractivity contribution >= 4 is 28.3 Å². The topological polar surface area (TPSA) is 37.4 Å². The van der Waals surface area contributed by atoms with Crippen molar-refractivity contribution in [2.75, 3.05) is 4.90 Å². The predicted octanol–water partition coefficient (Wildman–Crippen LogP) is 3.54. The first-order valence-electron chi connectivity index (χ1n) is 8.29. The van der Waals surface area contributed by atoms with Gasteiger partial charge in [-0.25, -0.2) is 4.90 Å². The van der Waals surface area contributed by atoms with Crippen molar-refractivity contribution in [2.24, 2.45) is 23.7 Å². The molecule has 1 heterocycles. The first kappa shape index (κ1) is 13.1. The summed E-state index contributed by atoms with van der Waals surface area (Å²) in [5.74, 6) is 0.170. The van der Waals surface area contributed by atoms with E-state index in [4.69, 9.17) is 0 Å². The van der Waals surface area contributed by atoms with Gasteiger partial charge in [0.15, 0.2) is 0 Å². The van der Waals surface area contributed by atoms with E-state index in [1.165, 1.54) is 4.90 Å². The highest BCUT2D eigenvalue weighted by atomic mass is 16.2. The Hall–Kier alpha value is -2.42. The maximum Gasteiger partial charge on any atom is 0.238 e. The fraction of sp³-hybridized carbons (Fsp3) is 0.300. The molecule has 1 aliphatic heterocycles. The maximum absolute atomic E-state index is 13.1. The van der Waals surface area contributed by atoms with Crippen LogP contribution in [0.3, 0.4) is 0 Å². The number of imide groups is 1. The molecule has 114 valence electrons. The second-order valence-electron chi connectivity index (χ2n) is 6.85. The number of carbonyl (C=O) groups excluding carboxylic acids is 2. The van der Waals surface area contributed by atoms with Gasteiger partial charge in [-0.3, -0.25) is 9.59 Å². The molecule has 2 fully saturated rings. The first-order valence-corrected chi connectivity index (χ1v) is 8.29. The number of nitrogens with zero attached hydrogens (tertiary/aromatic N) is 1. The summed E-state index contributed by atoms with van der Waals surface area (Å²) >= 11 is 0. The van der Waals surface area contributed by atoms with Crippen molar-refractivity contribution in [3.8, 4) is 0 Å². The molecule has 3 aliphatic carbocycles. The van der Waals surface area contributed by atoms with E-state index in [9.17, 15) is 9.59 Å². The summed E-state index contributed by atoms with van der Waals surface area (Å²) in [5.41, 5.74) is 0.743. The Balaban J connectivity index is 1.67. The van der Waals surface area contributed by atoms with Gasteiger partial charge in [0.1, 0.15) is 0 Å². The highest BCUT2D eigenvalue weighted by Gasteiger charge is 2.57. The standard InChI is InChI=1S/C20H17NO2/c22-19-17-13-8-9-14(11-10-13)18(17)20(23)21(19)16-7-3-5-12-4-1-2-6-15(12)16/h1-9,13-14,17-18H,10-11H2/t13-,14+,17-,18-/m0/s1. The summed E-state index contributed by atoms with van der Waals surface area (Å²) < 4.78 is 0. The van der Waals surface area contributed by atoms with Gasteiger partial charge >= 0.3 is 0 Å². The number of amides is 2. The summed E-state index contributed by atoms with van der Waals surface area (Å²) in [7, 11) is 0. The second kappa shape index (κ2) is 4.54. The molecule has 2 aromatic carbocycles. The van der Waals surface area contributed by atoms with Crippen LogP contribution in [0, 0.1) is 23.7 Å². The van der Waals surface area contributed by atoms with Gasteiger partial charge in [0, 0.05) is 5.39 Å². The average Bonchev–Trinajstić information content (AvgIpc) is 2.89. The fourth-order valence-electron chi connectivity index (χ4n) is 4.71. The van der Waals surface area contributed by atoms with Crippen molar-refractivity contribution in [1.82, 2.24) is 0 Å². The normalized spacial score (nSPS) is 31.9. The SMILES string of the molecule is O=C1[C@@H]2[C@@H](C(=O)N1c1cccc3ccccc13)[C@H]1C=C[C@@H]2CC1. The monoisotopic (exact) mass is 303 g/mol. The molecule has 4 aliphatic rings. The number of hydrogen-bond acceptors (Lipinski definition) is 2. The lowest BCUT2D eigenvalue weighted by Gasteiger charge is -2.38. The Bertz CT molecular complexity index is 832. The van der Waals surface area contributed by atoms with Crippen molar-refractivity contribution in [3.63, 3.8) is 0 Å². The first-order chi connectivity index (χ1) is 11.3. The number of allylic oxidation sites excluding steroid dienone is 2. The molecule has 0 unspecified atom stereocenters. The van der Waals surface area contributed by atoms with Crippen molar-refractivity contribution < 1.29 is 9.59 Å². The van der Waals surface area contributed by atoms with Crippen LogP contribution >= 0.6 is 0 Å². The van der Waals surface area contributed by atoms with Crippen molar-refractivity contribution in [1.29, 1.82) is 0 Å². The van der Waals surface area contributed by atoms with E-state index in [0.717, 1.165) is 29.3 Å². The number of anilines is 1. The van der Waals surface area contributed by atoms with E-state index in [1.54, 1.807) is 0 Å². The van der Waals surface area contributed by atoms with Gasteiger partial charge < -0.3 is 0 Å². The fourth-order valence-corrected chi connectivity index (χ4v) is 4.71. The van der Waals surface area contributed by atoms with Crippen LogP contribution in [0.1, 0.15) is 12.8 Å². The molecule has 1 saturated heterocycles. The van der Waals surface area contributed by atoms with Crippen LogP contribution in [0.4, 0.5) is 5.69 Å². The molecular weight excluding hydrogens is 286 g/mol. The van der Waals surface area contributed by atoms with Crippen LogP contribution in [0.5, 0.6) is 0 Å². The number of hydrogen-bond donors (Lipinski definition) is 0. The molecule has 0 spiro atoms. The number of benzene rings is 2. The lowest BCUT2D eigenvalue weighted by molar-refractivity contribution is -0.124. The van der Waals surface area contributed by atoms with Gasteiger partial charge in [-0.05, 0) is 36.1 Å². The third-order valence-corrected chi connectivity index (χ3v) is 5.77. The summed E-state index contributed by atoms with van der Waals surface area (Å²) in [6.45, 7) is 0. The van der Waals surface area contributed by atoms with E-state index < -0.39 is 0 Å². The third kappa shape index (κ3) is 1.65. The van der Waals surface area contributed by atoms with Gasteiger partial charge in [0.25, 0.3) is 0 Å². The zero-order valence-electron chi connectivity index (χ0n) is 12.7. The Morgan fingerprint density at radius 2 is 1.39 bits per heavy atom. The largest absolute Gasteiger partial charge is 0.274 e. The Morgan fingerprint density at radius 1 is 0.783 bits per heavy atom. The molecule has 4 atom stereocenters. The van der Waals surface area contributed by atoms with E-state index in [-0.39, 0.29) is 35.5 Å². The van der Waals surface area contributed by atoms with E-state index in [0.29, 0.717) is 0 Å². The average molecular weight is 303 g/mol. The molecule has 6 rings (SSSR count). The quantitative estimate of drug-likeness (QED) is 0.597. The molecular formula is C20H17NO2. The number of carbonyl (C=O) groups is 2. The highest BCUT2D eigenvalue weighted by Crippen LogP contribution is 2.50. The molecule has 2 aromatic rings. The molecule has 2 amide bonds. The van der Waals surface area contributed by atoms with Crippen LogP contribution in [-0.2, 0) is 9.59 Å². The maximum atomic E-state index is 13.1. The molecule has 0 radical (unpaired) electrons. The number of fused-ring (bicyclic) bond motifs is 2. The molecule has 3 heteroatoms. The van der Waals surface area contributed by atoms with Crippen LogP contribution in [-0.4, -0.2) is 11.8 Å². The summed E-state index contributed by atoms with van der Waals surface area (Å²) in [4.78, 5) is 27.6. The molecule has 23 heavy (non-hydrogen) atoms. The van der Waals surface area contributed by atoms with E-state index >= 15 is 0 Å². The van der Waals surface area contributed by atoms with Gasteiger partial charge in [-0.15, -0.1) is 0 Å². The summed E-state index contributed by atoms with van der Waals surface area (Å²) in [6, 6.07) is 13.8. The second-order valence-corrected chi connectivity index (χ2v) is 6.85. The van der Waals surface area contributed by atoms with Gasteiger partial charge in [0.05, 0.1) is 17.5 Å². The van der Waals surface area contributed by atoms with Crippen LogP contribution in [0.15, 0.2) is 54.6 Å². The van der Waals surface area contributed by atoms with Gasteiger partial charge in [-0.1, -0.05) is 48.6 Å². The smallest absolute Gasteiger partial charge is 0.238 e. The predicted molar refractivity (Wildman–Crippen MR) is 88.8 cm³/mol. The minimum atomic E-state index is -0.148. The van der Waals surface area contributed by atoms with Crippen molar-refractivity contribution in [3.05, 3.63) is 54.6 Å². The zero-order chi connectivity index (χ0) is 15.6. The molecule has 0 N–H and O–H groups in total. The zero-order valence-corrected chi connectivity index (χ0v) is 12.7. The Kier molecular flexibility index (Phi) is 2.58. The molecule has 3 nitrogen and oxygen atoms in total. The van der Waals surface area contributed by atoms with Crippen LogP contribution < -0.4 is 4.90 Å². The minimum Gasteiger partial charge on any atom is -0.274 e. The van der Waals surface area contributed by atoms with Crippen molar-refractivity contribution in [2.45, 2.75) is 12.8 Å². The lowest BCUT2D eigenvalue weighted by Crippen LogP contribution is -2.38. The Morgan fingerprint density at radius 3 is 2.04 bits per heavy atom. The highest BCUT2D eigenvalue weighted by molar-refractivity contribution is 6.25. The Labute approximate surface area is 134 Å². The lowest BCUT2D eigenvalue weighted by atomic mass is 9.63. The molecule has 0 aromatic heterocycles. The van der Waals surface area contributed by atoms with E-state index in [1.807, 2.05) is 42.5 Å². The van der Waals surface area contributed by atoms with Crippen LogP contribution in [0.2, 0.25) is 0 Å². The molecule has 2 bridgehead atoms. The number of rotatable bonds is 1. The third-order valence-electron chi connectivity index (χ3n) is 5.77. The van der Waals surface area contributed by atoms with Gasteiger partial charge in [-0.2, -0.15) is 0 Å².